The quantitative estimate of drug-likeness (QED) is 0.537. The van der Waals surface area contributed by atoms with Crippen LogP contribution in [0.5, 0.6) is 0 Å². The van der Waals surface area contributed by atoms with Crippen molar-refractivity contribution in [1.82, 2.24) is 10.3 Å². The lowest BCUT2D eigenvalue weighted by Crippen LogP contribution is -2.36. The van der Waals surface area contributed by atoms with Crippen molar-refractivity contribution >= 4 is 45.7 Å². The number of carbonyl (C=O) groups is 1. The first-order valence-electron chi connectivity index (χ1n) is 9.72. The minimum Gasteiger partial charge on any atom is -0.378 e. The molecule has 0 bridgehead atoms. The first-order chi connectivity index (χ1) is 13.7. The summed E-state index contributed by atoms with van der Waals surface area (Å²) < 4.78 is -0.972. The average molecular weight is 430 g/mol. The minimum atomic E-state index is -0.972. The summed E-state index contributed by atoms with van der Waals surface area (Å²) in [6, 6.07) is 16.7. The number of carbonyl (C=O) groups excluding carboxylic acids is 1. The lowest BCUT2D eigenvalue weighted by atomic mass is 9.90. The highest BCUT2D eigenvalue weighted by molar-refractivity contribution is 6.53. The Kier molecular flexibility index (Phi) is 5.04. The Morgan fingerprint density at radius 1 is 1.17 bits per heavy atom. The van der Waals surface area contributed by atoms with E-state index in [9.17, 15) is 4.79 Å². The smallest absolute Gasteiger partial charge is 0.229 e. The minimum absolute atomic E-state index is 0.00807. The Balaban J connectivity index is 1.65. The number of hydrogen-bond acceptors (Lipinski definition) is 2. The SMILES string of the molecule is CN(C)c1ccc([C@H](CNC(=O)[C@]2(C)CC2(Cl)Cl)c2c[nH]c3ccccc23)cc1. The Morgan fingerprint density at radius 3 is 2.45 bits per heavy atom. The van der Waals surface area contributed by atoms with Crippen molar-refractivity contribution in [2.45, 2.75) is 23.6 Å². The molecule has 0 radical (unpaired) electrons. The molecule has 0 spiro atoms. The molecule has 1 heterocycles. The molecule has 2 N–H and O–H groups in total. The molecule has 1 aliphatic rings. The van der Waals surface area contributed by atoms with Gasteiger partial charge in [-0.3, -0.25) is 4.79 Å². The van der Waals surface area contributed by atoms with Crippen LogP contribution in [-0.4, -0.2) is 35.9 Å². The van der Waals surface area contributed by atoms with Crippen LogP contribution in [0.1, 0.15) is 30.4 Å². The molecule has 1 aromatic heterocycles. The predicted octanol–water partition coefficient (Wildman–Crippen LogP) is 5.07. The van der Waals surface area contributed by atoms with Crippen molar-refractivity contribution in [3.63, 3.8) is 0 Å². The van der Waals surface area contributed by atoms with Gasteiger partial charge in [0.2, 0.25) is 5.91 Å². The van der Waals surface area contributed by atoms with Crippen molar-refractivity contribution in [1.29, 1.82) is 0 Å². The molecule has 2 atom stereocenters. The Hall–Kier alpha value is -2.17. The maximum atomic E-state index is 12.8. The molecule has 3 aromatic rings. The average Bonchev–Trinajstić information content (AvgIpc) is 3.02. The fourth-order valence-corrected chi connectivity index (χ4v) is 4.54. The highest BCUT2D eigenvalue weighted by Gasteiger charge is 2.67. The standard InChI is InChI=1S/C23H25Cl2N3O/c1-22(14-23(22,24)25)21(29)27-12-18(15-8-10-16(11-9-15)28(2)3)19-13-26-20-7-5-4-6-17(19)20/h4-11,13,18,26H,12,14H2,1-3H3,(H,27,29)/t18-,22-/m0/s1. The predicted molar refractivity (Wildman–Crippen MR) is 121 cm³/mol. The number of rotatable bonds is 6. The molecule has 1 fully saturated rings. The molecule has 6 heteroatoms. The van der Waals surface area contributed by atoms with Gasteiger partial charge in [-0.2, -0.15) is 0 Å². The topological polar surface area (TPSA) is 48.1 Å². The first-order valence-corrected chi connectivity index (χ1v) is 10.5. The Morgan fingerprint density at radius 2 is 1.83 bits per heavy atom. The number of para-hydroxylation sites is 1. The third kappa shape index (κ3) is 3.60. The fourth-order valence-electron chi connectivity index (χ4n) is 3.83. The van der Waals surface area contributed by atoms with E-state index >= 15 is 0 Å². The van der Waals surface area contributed by atoms with Gasteiger partial charge in [0.1, 0.15) is 4.33 Å². The molecular formula is C23H25Cl2N3O. The summed E-state index contributed by atoms with van der Waals surface area (Å²) in [7, 11) is 4.04. The second kappa shape index (κ2) is 7.26. The maximum absolute atomic E-state index is 12.8. The number of nitrogens with zero attached hydrogens (tertiary/aromatic N) is 1. The molecule has 0 unspecified atom stereocenters. The van der Waals surface area contributed by atoms with Crippen LogP contribution in [0, 0.1) is 5.41 Å². The van der Waals surface area contributed by atoms with Crippen LogP contribution >= 0.6 is 23.2 Å². The second-order valence-corrected chi connectivity index (χ2v) is 9.74. The van der Waals surface area contributed by atoms with E-state index in [2.05, 4.69) is 51.6 Å². The van der Waals surface area contributed by atoms with E-state index in [-0.39, 0.29) is 11.8 Å². The van der Waals surface area contributed by atoms with Crippen molar-refractivity contribution < 1.29 is 4.79 Å². The molecule has 29 heavy (non-hydrogen) atoms. The van der Waals surface area contributed by atoms with Crippen LogP contribution in [0.15, 0.2) is 54.7 Å². The van der Waals surface area contributed by atoms with Gasteiger partial charge >= 0.3 is 0 Å². The summed E-state index contributed by atoms with van der Waals surface area (Å²) in [6.45, 7) is 2.29. The van der Waals surface area contributed by atoms with Gasteiger partial charge in [-0.25, -0.2) is 0 Å². The number of amides is 1. The van der Waals surface area contributed by atoms with Gasteiger partial charge in [-0.05, 0) is 42.7 Å². The third-order valence-electron chi connectivity index (χ3n) is 6.03. The molecule has 4 rings (SSSR count). The lowest BCUT2D eigenvalue weighted by Gasteiger charge is -2.21. The zero-order valence-electron chi connectivity index (χ0n) is 16.8. The molecule has 1 aliphatic carbocycles. The van der Waals surface area contributed by atoms with Gasteiger partial charge in [-0.1, -0.05) is 30.3 Å². The fraction of sp³-hybridized carbons (Fsp3) is 0.348. The number of nitrogens with one attached hydrogen (secondary N) is 2. The zero-order chi connectivity index (χ0) is 20.8. The maximum Gasteiger partial charge on any atom is 0.229 e. The summed E-state index contributed by atoms with van der Waals surface area (Å²) >= 11 is 12.4. The number of alkyl halides is 2. The van der Waals surface area contributed by atoms with Gasteiger partial charge in [0.15, 0.2) is 0 Å². The normalized spacial score (nSPS) is 21.0. The zero-order valence-corrected chi connectivity index (χ0v) is 18.3. The molecule has 0 saturated heterocycles. The van der Waals surface area contributed by atoms with Crippen LogP contribution in [0.3, 0.4) is 0 Å². The van der Waals surface area contributed by atoms with Crippen LogP contribution in [-0.2, 0) is 4.79 Å². The monoisotopic (exact) mass is 429 g/mol. The molecule has 4 nitrogen and oxygen atoms in total. The molecular weight excluding hydrogens is 405 g/mol. The molecule has 152 valence electrons. The highest BCUT2D eigenvalue weighted by atomic mass is 35.5. The first kappa shape index (κ1) is 20.1. The van der Waals surface area contributed by atoms with Crippen molar-refractivity contribution in [3.8, 4) is 0 Å². The van der Waals surface area contributed by atoms with Gasteiger partial charge < -0.3 is 15.2 Å². The van der Waals surface area contributed by atoms with Crippen molar-refractivity contribution in [3.05, 3.63) is 65.9 Å². The lowest BCUT2D eigenvalue weighted by molar-refractivity contribution is -0.125. The summed E-state index contributed by atoms with van der Waals surface area (Å²) in [5.41, 5.74) is 3.79. The van der Waals surface area contributed by atoms with Gasteiger partial charge in [0.25, 0.3) is 0 Å². The van der Waals surface area contributed by atoms with Crippen LogP contribution < -0.4 is 10.2 Å². The number of halogens is 2. The van der Waals surface area contributed by atoms with E-state index in [0.29, 0.717) is 13.0 Å². The van der Waals surface area contributed by atoms with E-state index < -0.39 is 9.75 Å². The van der Waals surface area contributed by atoms with Gasteiger partial charge in [0.05, 0.1) is 5.41 Å². The summed E-state index contributed by atoms with van der Waals surface area (Å²) in [6.07, 6.45) is 2.51. The number of benzene rings is 2. The Bertz CT molecular complexity index is 1040. The summed E-state index contributed by atoms with van der Waals surface area (Å²) in [4.78, 5) is 18.2. The second-order valence-electron chi connectivity index (χ2n) is 8.25. The highest BCUT2D eigenvalue weighted by Crippen LogP contribution is 2.63. The van der Waals surface area contributed by atoms with E-state index in [1.165, 1.54) is 0 Å². The summed E-state index contributed by atoms with van der Waals surface area (Å²) in [5, 5.41) is 4.26. The number of aromatic nitrogens is 1. The number of hydrogen-bond donors (Lipinski definition) is 2. The van der Waals surface area contributed by atoms with Crippen molar-refractivity contribution in [2.75, 3.05) is 25.5 Å². The number of anilines is 1. The number of aromatic amines is 1. The van der Waals surface area contributed by atoms with E-state index in [1.54, 1.807) is 0 Å². The van der Waals surface area contributed by atoms with E-state index in [4.69, 9.17) is 23.2 Å². The third-order valence-corrected chi connectivity index (χ3v) is 7.14. The molecule has 1 saturated carbocycles. The van der Waals surface area contributed by atoms with Gasteiger partial charge in [0, 0.05) is 49.3 Å². The molecule has 1 amide bonds. The number of fused-ring (bicyclic) bond motifs is 1. The van der Waals surface area contributed by atoms with Gasteiger partial charge in [-0.15, -0.1) is 23.2 Å². The Labute approximate surface area is 181 Å². The summed E-state index contributed by atoms with van der Waals surface area (Å²) in [5.74, 6) is -0.0917. The largest absolute Gasteiger partial charge is 0.378 e. The van der Waals surface area contributed by atoms with Crippen LogP contribution in [0.2, 0.25) is 0 Å². The van der Waals surface area contributed by atoms with E-state index in [1.807, 2.05) is 39.3 Å². The molecule has 2 aromatic carbocycles. The van der Waals surface area contributed by atoms with Crippen LogP contribution in [0.25, 0.3) is 10.9 Å². The van der Waals surface area contributed by atoms with Crippen molar-refractivity contribution in [2.24, 2.45) is 5.41 Å². The van der Waals surface area contributed by atoms with Crippen LogP contribution in [0.4, 0.5) is 5.69 Å². The van der Waals surface area contributed by atoms with E-state index in [0.717, 1.165) is 27.7 Å². The molecule has 0 aliphatic heterocycles. The number of H-pyrrole nitrogens is 1.